The molecule has 2 aromatic carbocycles. The Morgan fingerprint density at radius 2 is 1.69 bits per heavy atom. The molecule has 0 unspecified atom stereocenters. The maximum absolute atomic E-state index is 12.8. The predicted octanol–water partition coefficient (Wildman–Crippen LogP) is 2.35. The molecule has 0 fully saturated rings. The summed E-state index contributed by atoms with van der Waals surface area (Å²) in [5.41, 5.74) is 0.498. The molecule has 0 aliphatic carbocycles. The lowest BCUT2D eigenvalue weighted by Crippen LogP contribution is -2.35. The topological polar surface area (TPSA) is 88.1 Å². The van der Waals surface area contributed by atoms with Crippen LogP contribution in [0.15, 0.2) is 82.4 Å². The van der Waals surface area contributed by atoms with Crippen molar-refractivity contribution in [2.24, 2.45) is 0 Å². The number of rotatable bonds is 4. The lowest BCUT2D eigenvalue weighted by Gasteiger charge is -2.17. The SMILES string of the molecule is CN(Cc1ccccc1)C(=O)c1cccc(-n2c(=O)[nH]c3ccccc3c2=O)n1. The van der Waals surface area contributed by atoms with Gasteiger partial charge in [-0.1, -0.05) is 48.5 Å². The van der Waals surface area contributed by atoms with E-state index in [1.807, 2.05) is 30.3 Å². The van der Waals surface area contributed by atoms with Crippen molar-refractivity contribution in [1.82, 2.24) is 19.4 Å². The number of H-pyrrole nitrogens is 1. The molecule has 0 saturated carbocycles. The molecule has 0 aliphatic heterocycles. The number of amides is 1. The monoisotopic (exact) mass is 386 g/mol. The van der Waals surface area contributed by atoms with E-state index in [0.717, 1.165) is 10.1 Å². The van der Waals surface area contributed by atoms with E-state index >= 15 is 0 Å². The number of nitrogens with zero attached hydrogens (tertiary/aromatic N) is 3. The number of aromatic amines is 1. The van der Waals surface area contributed by atoms with Gasteiger partial charge in [-0.2, -0.15) is 0 Å². The van der Waals surface area contributed by atoms with Gasteiger partial charge in [0.15, 0.2) is 0 Å². The van der Waals surface area contributed by atoms with Crippen LogP contribution in [0, 0.1) is 0 Å². The van der Waals surface area contributed by atoms with Crippen molar-refractivity contribution in [2.45, 2.75) is 6.54 Å². The van der Waals surface area contributed by atoms with Crippen LogP contribution in [0.3, 0.4) is 0 Å². The van der Waals surface area contributed by atoms with Crippen LogP contribution in [0.25, 0.3) is 16.7 Å². The first-order chi connectivity index (χ1) is 14.0. The third-order valence-electron chi connectivity index (χ3n) is 4.60. The number of carbonyl (C=O) groups excluding carboxylic acids is 1. The molecule has 1 amide bonds. The fraction of sp³-hybridized carbons (Fsp3) is 0.0909. The van der Waals surface area contributed by atoms with Crippen molar-refractivity contribution < 1.29 is 4.79 Å². The third-order valence-corrected chi connectivity index (χ3v) is 4.60. The Morgan fingerprint density at radius 3 is 2.48 bits per heavy atom. The van der Waals surface area contributed by atoms with Gasteiger partial charge < -0.3 is 9.88 Å². The Bertz CT molecular complexity index is 1310. The summed E-state index contributed by atoms with van der Waals surface area (Å²) in [7, 11) is 1.68. The van der Waals surface area contributed by atoms with Gasteiger partial charge in [-0.3, -0.25) is 9.59 Å². The van der Waals surface area contributed by atoms with E-state index in [1.165, 1.54) is 11.0 Å². The van der Waals surface area contributed by atoms with Crippen LogP contribution in [0.1, 0.15) is 16.1 Å². The standard InChI is InChI=1S/C22H18N4O3/c1-25(14-15-8-3-2-4-9-15)21(28)18-12-7-13-19(23-18)26-20(27)16-10-5-6-11-17(16)24-22(26)29/h2-13H,14H2,1H3,(H,24,29). The first kappa shape index (κ1) is 18.4. The minimum atomic E-state index is -0.608. The van der Waals surface area contributed by atoms with E-state index in [2.05, 4.69) is 9.97 Å². The molecule has 0 bridgehead atoms. The number of nitrogens with one attached hydrogen (secondary N) is 1. The van der Waals surface area contributed by atoms with E-state index in [4.69, 9.17) is 0 Å². The molecule has 0 saturated heterocycles. The van der Waals surface area contributed by atoms with Crippen LogP contribution in [0.5, 0.6) is 0 Å². The lowest BCUT2D eigenvalue weighted by atomic mass is 10.2. The summed E-state index contributed by atoms with van der Waals surface area (Å²) in [4.78, 5) is 46.6. The highest BCUT2D eigenvalue weighted by Gasteiger charge is 2.16. The summed E-state index contributed by atoms with van der Waals surface area (Å²) < 4.78 is 0.941. The zero-order chi connectivity index (χ0) is 20.4. The molecular formula is C22H18N4O3. The van der Waals surface area contributed by atoms with Crippen molar-refractivity contribution in [3.05, 3.63) is 105 Å². The van der Waals surface area contributed by atoms with Gasteiger partial charge in [-0.15, -0.1) is 0 Å². The molecule has 0 aliphatic rings. The number of fused-ring (bicyclic) bond motifs is 1. The summed E-state index contributed by atoms with van der Waals surface area (Å²) in [5, 5.41) is 0.367. The largest absolute Gasteiger partial charge is 0.336 e. The minimum absolute atomic E-state index is 0.0981. The van der Waals surface area contributed by atoms with Crippen LogP contribution in [-0.4, -0.2) is 32.4 Å². The summed E-state index contributed by atoms with van der Waals surface area (Å²) in [6, 6.07) is 21.0. The van der Waals surface area contributed by atoms with Gasteiger partial charge in [0.25, 0.3) is 11.5 Å². The molecule has 29 heavy (non-hydrogen) atoms. The predicted molar refractivity (Wildman–Crippen MR) is 110 cm³/mol. The van der Waals surface area contributed by atoms with Gasteiger partial charge in [0.05, 0.1) is 10.9 Å². The van der Waals surface area contributed by atoms with Crippen LogP contribution in [0.2, 0.25) is 0 Å². The summed E-state index contributed by atoms with van der Waals surface area (Å²) >= 11 is 0. The summed E-state index contributed by atoms with van der Waals surface area (Å²) in [5.74, 6) is -0.207. The fourth-order valence-corrected chi connectivity index (χ4v) is 3.16. The number of pyridine rings is 1. The highest BCUT2D eigenvalue weighted by atomic mass is 16.2. The number of benzene rings is 2. The van der Waals surface area contributed by atoms with E-state index in [-0.39, 0.29) is 17.4 Å². The van der Waals surface area contributed by atoms with Crippen molar-refractivity contribution in [3.63, 3.8) is 0 Å². The number of aromatic nitrogens is 3. The molecule has 144 valence electrons. The van der Waals surface area contributed by atoms with Gasteiger partial charge in [0.2, 0.25) is 0 Å². The normalized spacial score (nSPS) is 10.8. The zero-order valence-electron chi connectivity index (χ0n) is 15.7. The average molecular weight is 386 g/mol. The molecule has 7 heteroatoms. The molecular weight excluding hydrogens is 368 g/mol. The lowest BCUT2D eigenvalue weighted by molar-refractivity contribution is 0.0779. The van der Waals surface area contributed by atoms with Crippen molar-refractivity contribution in [3.8, 4) is 5.82 Å². The second-order valence-corrected chi connectivity index (χ2v) is 6.64. The Morgan fingerprint density at radius 1 is 0.966 bits per heavy atom. The van der Waals surface area contributed by atoms with Gasteiger partial charge >= 0.3 is 5.69 Å². The summed E-state index contributed by atoms with van der Waals surface area (Å²) in [6.45, 7) is 0.419. The Labute approximate surface area is 165 Å². The molecule has 7 nitrogen and oxygen atoms in total. The molecule has 0 atom stereocenters. The third kappa shape index (κ3) is 3.58. The second kappa shape index (κ2) is 7.55. The molecule has 4 aromatic rings. The molecule has 0 spiro atoms. The number of para-hydroxylation sites is 1. The van der Waals surface area contributed by atoms with Crippen LogP contribution in [0.4, 0.5) is 0 Å². The van der Waals surface area contributed by atoms with Crippen molar-refractivity contribution in [2.75, 3.05) is 7.05 Å². The zero-order valence-corrected chi connectivity index (χ0v) is 15.7. The van der Waals surface area contributed by atoms with Crippen LogP contribution in [-0.2, 0) is 6.54 Å². The van der Waals surface area contributed by atoms with E-state index in [9.17, 15) is 14.4 Å². The van der Waals surface area contributed by atoms with Gasteiger partial charge in [-0.25, -0.2) is 14.3 Å². The average Bonchev–Trinajstić information content (AvgIpc) is 2.74. The first-order valence-electron chi connectivity index (χ1n) is 9.05. The molecule has 4 rings (SSSR count). The molecule has 2 aromatic heterocycles. The first-order valence-corrected chi connectivity index (χ1v) is 9.05. The van der Waals surface area contributed by atoms with Gasteiger partial charge in [-0.05, 0) is 29.8 Å². The molecule has 0 radical (unpaired) electrons. The minimum Gasteiger partial charge on any atom is -0.336 e. The van der Waals surface area contributed by atoms with E-state index in [1.54, 1.807) is 43.4 Å². The van der Waals surface area contributed by atoms with Crippen molar-refractivity contribution in [1.29, 1.82) is 0 Å². The number of hydrogen-bond donors (Lipinski definition) is 1. The maximum Gasteiger partial charge on any atom is 0.334 e. The highest BCUT2D eigenvalue weighted by Crippen LogP contribution is 2.10. The molecule has 1 N–H and O–H groups in total. The van der Waals surface area contributed by atoms with Crippen LogP contribution >= 0.6 is 0 Å². The van der Waals surface area contributed by atoms with Crippen LogP contribution < -0.4 is 11.2 Å². The fourth-order valence-electron chi connectivity index (χ4n) is 3.16. The summed E-state index contributed by atoms with van der Waals surface area (Å²) in [6.07, 6.45) is 0. The van der Waals surface area contributed by atoms with Gasteiger partial charge in [0, 0.05) is 13.6 Å². The maximum atomic E-state index is 12.8. The quantitative estimate of drug-likeness (QED) is 0.583. The number of carbonyl (C=O) groups is 1. The molecule has 2 heterocycles. The Balaban J connectivity index is 1.71. The van der Waals surface area contributed by atoms with E-state index in [0.29, 0.717) is 17.4 Å². The van der Waals surface area contributed by atoms with Gasteiger partial charge in [0.1, 0.15) is 11.5 Å². The Kier molecular flexibility index (Phi) is 4.78. The second-order valence-electron chi connectivity index (χ2n) is 6.64. The number of hydrogen-bond acceptors (Lipinski definition) is 4. The van der Waals surface area contributed by atoms with Crippen molar-refractivity contribution >= 4 is 16.8 Å². The highest BCUT2D eigenvalue weighted by molar-refractivity contribution is 5.92. The smallest absolute Gasteiger partial charge is 0.334 e. The Hall–Kier alpha value is -4.00. The van der Waals surface area contributed by atoms with E-state index < -0.39 is 11.2 Å².